The first-order valence-electron chi connectivity index (χ1n) is 9.09. The number of hydrogen-bond acceptors (Lipinski definition) is 10. The van der Waals surface area contributed by atoms with E-state index in [1.165, 1.54) is 43.4 Å². The Bertz CT molecular complexity index is 1170. The second-order valence-electron chi connectivity index (χ2n) is 6.40. The van der Waals surface area contributed by atoms with Crippen LogP contribution < -0.4 is 4.90 Å². The predicted molar refractivity (Wildman–Crippen MR) is 111 cm³/mol. The highest BCUT2D eigenvalue weighted by Gasteiger charge is 2.32. The van der Waals surface area contributed by atoms with E-state index < -0.39 is 22.1 Å². The summed E-state index contributed by atoms with van der Waals surface area (Å²) in [6.07, 6.45) is 0. The van der Waals surface area contributed by atoms with Crippen molar-refractivity contribution in [3.05, 3.63) is 59.8 Å². The van der Waals surface area contributed by atoms with Gasteiger partial charge >= 0.3 is 11.9 Å². The first kappa shape index (κ1) is 23.1. The van der Waals surface area contributed by atoms with Crippen LogP contribution in [0.15, 0.2) is 74.9 Å². The van der Waals surface area contributed by atoms with Gasteiger partial charge in [-0.05, 0) is 48.5 Å². The van der Waals surface area contributed by atoms with E-state index in [0.717, 1.165) is 0 Å². The van der Waals surface area contributed by atoms with Crippen molar-refractivity contribution in [2.24, 2.45) is 10.2 Å². The third-order valence-corrected chi connectivity index (χ3v) is 5.28. The zero-order valence-electron chi connectivity index (χ0n) is 17.1. The first-order valence-corrected chi connectivity index (χ1v) is 10.5. The molecule has 1 heterocycles. The van der Waals surface area contributed by atoms with Gasteiger partial charge in [-0.2, -0.15) is 18.6 Å². The lowest BCUT2D eigenvalue weighted by Gasteiger charge is -2.31. The topological polar surface area (TPSA) is 144 Å². The van der Waals surface area contributed by atoms with E-state index in [2.05, 4.69) is 10.2 Å². The van der Waals surface area contributed by atoms with Gasteiger partial charge in [-0.1, -0.05) is 0 Å². The minimum absolute atomic E-state index is 0.0197. The number of esters is 2. The fraction of sp³-hybridized carbons (Fsp3) is 0.200. The minimum atomic E-state index is -4.28. The zero-order valence-corrected chi connectivity index (χ0v) is 17.9. The summed E-state index contributed by atoms with van der Waals surface area (Å²) in [7, 11) is -1.86. The van der Waals surface area contributed by atoms with Crippen molar-refractivity contribution in [2.75, 3.05) is 32.5 Å². The Morgan fingerprint density at radius 3 is 1.97 bits per heavy atom. The van der Waals surface area contributed by atoms with Crippen LogP contribution >= 0.6 is 0 Å². The highest BCUT2D eigenvalue weighted by atomic mass is 32.2. The first-order chi connectivity index (χ1) is 15.2. The quantitative estimate of drug-likeness (QED) is 0.390. The zero-order chi connectivity index (χ0) is 23.3. The molecule has 1 N–H and O–H groups in total. The second kappa shape index (κ2) is 9.68. The number of ether oxygens (including phenoxy) is 3. The number of benzene rings is 2. The summed E-state index contributed by atoms with van der Waals surface area (Å²) in [6.45, 7) is -0.0673. The molecule has 0 bridgehead atoms. The van der Waals surface area contributed by atoms with E-state index in [1.807, 2.05) is 0 Å². The van der Waals surface area contributed by atoms with E-state index in [4.69, 9.17) is 18.8 Å². The third-order valence-electron chi connectivity index (χ3n) is 4.41. The molecule has 0 saturated carbocycles. The number of methoxy groups -OCH3 is 2. The minimum Gasteiger partial charge on any atom is -0.466 e. The molecule has 0 saturated heterocycles. The lowest BCUT2D eigenvalue weighted by molar-refractivity contribution is -0.140. The van der Waals surface area contributed by atoms with Crippen LogP contribution in [0.25, 0.3) is 0 Å². The smallest absolute Gasteiger partial charge is 0.355 e. The van der Waals surface area contributed by atoms with Crippen molar-refractivity contribution in [3.63, 3.8) is 0 Å². The Labute approximate surface area is 183 Å². The van der Waals surface area contributed by atoms with Crippen LogP contribution in [0.3, 0.4) is 0 Å². The summed E-state index contributed by atoms with van der Waals surface area (Å²) in [6, 6.07) is 11.8. The Hall–Kier alpha value is -3.61. The molecule has 0 spiro atoms. The number of carbonyl (C=O) groups excluding carboxylic acids is 2. The molecule has 32 heavy (non-hydrogen) atoms. The lowest BCUT2D eigenvalue weighted by Crippen LogP contribution is -2.38. The van der Waals surface area contributed by atoms with Crippen LogP contribution in [-0.4, -0.2) is 52.5 Å². The molecule has 0 amide bonds. The highest BCUT2D eigenvalue weighted by molar-refractivity contribution is 7.85. The molecule has 2 aromatic rings. The molecule has 11 nitrogen and oxygen atoms in total. The number of azo groups is 1. The van der Waals surface area contributed by atoms with Gasteiger partial charge in [0, 0.05) is 5.69 Å². The molecule has 1 aliphatic rings. The van der Waals surface area contributed by atoms with Crippen molar-refractivity contribution < 1.29 is 36.8 Å². The third kappa shape index (κ3) is 5.17. The molecule has 0 fully saturated rings. The van der Waals surface area contributed by atoms with Gasteiger partial charge in [-0.3, -0.25) is 4.55 Å². The standard InChI is InChI=1S/C20H19N3O8S/c1-29-19(24)17-11-31-12-23(18(17)20(25)30-2)15-7-3-13(4-8-15)21-22-14-5-9-16(10-6-14)32(26,27)28/h3-10H,11-12H2,1-2H3,(H,26,27,28). The van der Waals surface area contributed by atoms with E-state index in [9.17, 15) is 18.0 Å². The monoisotopic (exact) mass is 461 g/mol. The van der Waals surface area contributed by atoms with Gasteiger partial charge in [0.25, 0.3) is 10.1 Å². The van der Waals surface area contributed by atoms with E-state index >= 15 is 0 Å². The Morgan fingerprint density at radius 2 is 1.47 bits per heavy atom. The van der Waals surface area contributed by atoms with Crippen molar-refractivity contribution in [1.82, 2.24) is 0 Å². The average molecular weight is 461 g/mol. The molecule has 0 unspecified atom stereocenters. The Kier molecular flexibility index (Phi) is 6.98. The van der Waals surface area contributed by atoms with Crippen molar-refractivity contribution in [1.29, 1.82) is 0 Å². The predicted octanol–water partition coefficient (Wildman–Crippen LogP) is 2.74. The molecule has 0 atom stereocenters. The molecular weight excluding hydrogens is 442 g/mol. The summed E-state index contributed by atoms with van der Waals surface area (Å²) >= 11 is 0. The molecule has 12 heteroatoms. The molecule has 0 aromatic heterocycles. The number of hydrogen-bond donors (Lipinski definition) is 1. The summed E-state index contributed by atoms with van der Waals surface area (Å²) in [5, 5.41) is 8.08. The normalized spacial score (nSPS) is 14.5. The molecule has 168 valence electrons. The van der Waals surface area contributed by atoms with Crippen molar-refractivity contribution >= 4 is 39.1 Å². The Morgan fingerprint density at radius 1 is 0.938 bits per heavy atom. The van der Waals surface area contributed by atoms with Crippen LogP contribution in [-0.2, 0) is 33.9 Å². The number of carbonyl (C=O) groups is 2. The maximum absolute atomic E-state index is 12.3. The summed E-state index contributed by atoms with van der Waals surface area (Å²) in [5.74, 6) is -1.40. The van der Waals surface area contributed by atoms with Crippen LogP contribution in [0.1, 0.15) is 0 Å². The van der Waals surface area contributed by atoms with Gasteiger partial charge in [-0.25, -0.2) is 9.59 Å². The largest absolute Gasteiger partial charge is 0.466 e. The lowest BCUT2D eigenvalue weighted by atomic mass is 10.1. The van der Waals surface area contributed by atoms with Gasteiger partial charge in [0.2, 0.25) is 0 Å². The van der Waals surface area contributed by atoms with E-state index in [-0.39, 0.29) is 29.5 Å². The fourth-order valence-corrected chi connectivity index (χ4v) is 3.33. The number of rotatable bonds is 6. The molecule has 0 radical (unpaired) electrons. The van der Waals surface area contributed by atoms with Crippen LogP contribution in [0.2, 0.25) is 0 Å². The molecule has 3 rings (SSSR count). The van der Waals surface area contributed by atoms with Gasteiger partial charge in [0.15, 0.2) is 0 Å². The van der Waals surface area contributed by atoms with Crippen molar-refractivity contribution in [2.45, 2.75) is 4.90 Å². The summed E-state index contributed by atoms with van der Waals surface area (Å²) in [4.78, 5) is 25.6. The second-order valence-corrected chi connectivity index (χ2v) is 7.82. The molecular formula is C20H19N3O8S. The molecule has 0 aliphatic carbocycles. The molecule has 1 aliphatic heterocycles. The van der Waals surface area contributed by atoms with E-state index in [1.54, 1.807) is 24.3 Å². The summed E-state index contributed by atoms with van der Waals surface area (Å²) in [5.41, 5.74) is 1.47. The average Bonchev–Trinajstić information content (AvgIpc) is 2.81. The fourth-order valence-electron chi connectivity index (χ4n) is 2.85. The van der Waals surface area contributed by atoms with Crippen LogP contribution in [0.5, 0.6) is 0 Å². The number of anilines is 1. The highest BCUT2D eigenvalue weighted by Crippen LogP contribution is 2.29. The van der Waals surface area contributed by atoms with Gasteiger partial charge in [0.05, 0.1) is 42.7 Å². The summed E-state index contributed by atoms with van der Waals surface area (Å²) < 4.78 is 46.1. The van der Waals surface area contributed by atoms with Gasteiger partial charge in [0.1, 0.15) is 12.4 Å². The van der Waals surface area contributed by atoms with Crippen molar-refractivity contribution in [3.8, 4) is 0 Å². The maximum atomic E-state index is 12.3. The Balaban J connectivity index is 1.83. The van der Waals surface area contributed by atoms with Crippen LogP contribution in [0.4, 0.5) is 17.1 Å². The molecule has 2 aromatic carbocycles. The SMILES string of the molecule is COC(=O)C1=C(C(=O)OC)N(c2ccc(N=Nc3ccc(S(=O)(=O)O)cc3)cc2)COC1. The van der Waals surface area contributed by atoms with E-state index in [0.29, 0.717) is 17.1 Å². The van der Waals surface area contributed by atoms with Gasteiger partial charge < -0.3 is 19.1 Å². The maximum Gasteiger partial charge on any atom is 0.355 e. The number of nitrogens with zero attached hydrogens (tertiary/aromatic N) is 3. The van der Waals surface area contributed by atoms with Gasteiger partial charge in [-0.15, -0.1) is 0 Å². The van der Waals surface area contributed by atoms with Crippen LogP contribution in [0, 0.1) is 0 Å².